The quantitative estimate of drug-likeness (QED) is 0.684. The zero-order chi connectivity index (χ0) is 10.7. The molecule has 1 aliphatic heterocycles. The number of ether oxygens (including phenoxy) is 2. The van der Waals surface area contributed by atoms with Crippen LogP contribution in [0.25, 0.3) is 0 Å². The third kappa shape index (κ3) is 2.30. The molecule has 14 heavy (non-hydrogen) atoms. The summed E-state index contributed by atoms with van der Waals surface area (Å²) in [4.78, 5) is 0. The first-order chi connectivity index (χ1) is 6.60. The van der Waals surface area contributed by atoms with Crippen molar-refractivity contribution in [3.63, 3.8) is 0 Å². The Bertz CT molecular complexity index is 212. The molecule has 0 bridgehead atoms. The van der Waals surface area contributed by atoms with Crippen LogP contribution in [0.2, 0.25) is 0 Å². The van der Waals surface area contributed by atoms with Gasteiger partial charge < -0.3 is 9.47 Å². The SMILES string of the molecule is CCCC1(CCC)N=NC(C)(OC)O1. The van der Waals surface area contributed by atoms with Crippen LogP contribution in [0.1, 0.15) is 46.5 Å². The Balaban J connectivity index is 2.70. The van der Waals surface area contributed by atoms with Crippen LogP contribution in [-0.2, 0) is 9.47 Å². The molecule has 0 aromatic carbocycles. The minimum Gasteiger partial charge on any atom is -0.334 e. The summed E-state index contributed by atoms with van der Waals surface area (Å²) >= 11 is 0. The largest absolute Gasteiger partial charge is 0.334 e. The zero-order valence-electron chi connectivity index (χ0n) is 9.54. The Labute approximate surface area is 85.7 Å². The molecule has 0 aromatic heterocycles. The topological polar surface area (TPSA) is 43.2 Å². The molecule has 0 radical (unpaired) electrons. The molecule has 0 aromatic rings. The lowest BCUT2D eigenvalue weighted by Gasteiger charge is -2.27. The molecule has 0 saturated heterocycles. The van der Waals surface area contributed by atoms with Gasteiger partial charge in [0.2, 0.25) is 0 Å². The Kier molecular flexibility index (Phi) is 3.61. The second-order valence-corrected chi connectivity index (χ2v) is 3.85. The number of methoxy groups -OCH3 is 1. The first-order valence-electron chi connectivity index (χ1n) is 5.29. The fourth-order valence-electron chi connectivity index (χ4n) is 1.77. The van der Waals surface area contributed by atoms with Crippen molar-refractivity contribution in [1.29, 1.82) is 0 Å². The highest BCUT2D eigenvalue weighted by Gasteiger charge is 2.44. The summed E-state index contributed by atoms with van der Waals surface area (Å²) in [5, 5.41) is 8.31. The maximum Gasteiger partial charge on any atom is 0.286 e. The average molecular weight is 200 g/mol. The van der Waals surface area contributed by atoms with Crippen LogP contribution >= 0.6 is 0 Å². The van der Waals surface area contributed by atoms with Gasteiger partial charge in [0.1, 0.15) is 0 Å². The van der Waals surface area contributed by atoms with Crippen molar-refractivity contribution in [2.24, 2.45) is 10.2 Å². The van der Waals surface area contributed by atoms with E-state index >= 15 is 0 Å². The maximum atomic E-state index is 5.81. The fourth-order valence-corrected chi connectivity index (χ4v) is 1.77. The molecule has 4 heteroatoms. The fraction of sp³-hybridized carbons (Fsp3) is 1.00. The summed E-state index contributed by atoms with van der Waals surface area (Å²) in [5.41, 5.74) is -0.436. The van der Waals surface area contributed by atoms with E-state index in [-0.39, 0.29) is 0 Å². The van der Waals surface area contributed by atoms with E-state index in [9.17, 15) is 0 Å². The van der Waals surface area contributed by atoms with E-state index in [1.165, 1.54) is 0 Å². The molecule has 0 amide bonds. The van der Waals surface area contributed by atoms with E-state index in [4.69, 9.17) is 9.47 Å². The summed E-state index contributed by atoms with van der Waals surface area (Å²) in [5.74, 6) is -0.871. The van der Waals surface area contributed by atoms with Gasteiger partial charge in [-0.2, -0.15) is 5.11 Å². The second kappa shape index (κ2) is 4.36. The Hall–Kier alpha value is -0.480. The van der Waals surface area contributed by atoms with Gasteiger partial charge in [0.25, 0.3) is 5.91 Å². The molecule has 1 heterocycles. The van der Waals surface area contributed by atoms with Crippen LogP contribution in [0, 0.1) is 0 Å². The maximum absolute atomic E-state index is 5.81. The highest BCUT2D eigenvalue weighted by Crippen LogP contribution is 2.38. The van der Waals surface area contributed by atoms with Crippen LogP contribution in [0.3, 0.4) is 0 Å². The van der Waals surface area contributed by atoms with E-state index in [1.807, 2.05) is 0 Å². The van der Waals surface area contributed by atoms with E-state index in [0.29, 0.717) is 0 Å². The molecule has 82 valence electrons. The molecule has 0 saturated carbocycles. The molecular weight excluding hydrogens is 180 g/mol. The predicted molar refractivity (Wildman–Crippen MR) is 53.9 cm³/mol. The third-order valence-electron chi connectivity index (χ3n) is 2.45. The lowest BCUT2D eigenvalue weighted by Crippen LogP contribution is -2.35. The van der Waals surface area contributed by atoms with E-state index in [1.54, 1.807) is 14.0 Å². The van der Waals surface area contributed by atoms with E-state index < -0.39 is 11.6 Å². The predicted octanol–water partition coefficient (Wildman–Crippen LogP) is 3.09. The number of nitrogens with zero attached hydrogens (tertiary/aromatic N) is 2. The Morgan fingerprint density at radius 2 is 1.71 bits per heavy atom. The number of azo groups is 1. The number of hydrogen-bond donors (Lipinski definition) is 0. The lowest BCUT2D eigenvalue weighted by atomic mass is 10.0. The molecule has 1 atom stereocenters. The van der Waals surface area contributed by atoms with E-state index in [2.05, 4.69) is 24.1 Å². The van der Waals surface area contributed by atoms with Crippen LogP contribution in [0.4, 0.5) is 0 Å². The van der Waals surface area contributed by atoms with Crippen molar-refractivity contribution in [2.75, 3.05) is 7.11 Å². The van der Waals surface area contributed by atoms with Crippen molar-refractivity contribution in [1.82, 2.24) is 0 Å². The summed E-state index contributed by atoms with van der Waals surface area (Å²) < 4.78 is 11.0. The van der Waals surface area contributed by atoms with Crippen LogP contribution < -0.4 is 0 Å². The van der Waals surface area contributed by atoms with Gasteiger partial charge in [-0.3, -0.25) is 0 Å². The van der Waals surface area contributed by atoms with Gasteiger partial charge in [0.05, 0.1) is 0 Å². The molecule has 1 aliphatic rings. The molecule has 0 N–H and O–H groups in total. The van der Waals surface area contributed by atoms with Crippen molar-refractivity contribution >= 4 is 0 Å². The molecule has 1 rings (SSSR count). The second-order valence-electron chi connectivity index (χ2n) is 3.85. The minimum absolute atomic E-state index is 0.436. The van der Waals surface area contributed by atoms with Crippen molar-refractivity contribution in [2.45, 2.75) is 58.1 Å². The number of hydrogen-bond acceptors (Lipinski definition) is 4. The Morgan fingerprint density at radius 1 is 1.14 bits per heavy atom. The standard InChI is InChI=1S/C10H20N2O2/c1-5-7-10(8-6-2)12-11-9(3,13-4)14-10/h5-8H2,1-4H3. The molecule has 0 fully saturated rings. The van der Waals surface area contributed by atoms with Crippen LogP contribution in [0.15, 0.2) is 10.2 Å². The highest BCUT2D eigenvalue weighted by molar-refractivity contribution is 4.83. The third-order valence-corrected chi connectivity index (χ3v) is 2.45. The first-order valence-corrected chi connectivity index (χ1v) is 5.29. The molecular formula is C10H20N2O2. The van der Waals surface area contributed by atoms with Gasteiger partial charge in [-0.25, -0.2) is 0 Å². The summed E-state index contributed by atoms with van der Waals surface area (Å²) in [6.45, 7) is 6.04. The van der Waals surface area contributed by atoms with Gasteiger partial charge in [-0.15, -0.1) is 5.11 Å². The minimum atomic E-state index is -0.871. The van der Waals surface area contributed by atoms with Crippen molar-refractivity contribution in [3.8, 4) is 0 Å². The monoisotopic (exact) mass is 200 g/mol. The summed E-state index contributed by atoms with van der Waals surface area (Å²) in [6, 6.07) is 0. The van der Waals surface area contributed by atoms with Gasteiger partial charge in [-0.05, 0) is 12.8 Å². The average Bonchev–Trinajstić information content (AvgIpc) is 2.47. The molecule has 0 spiro atoms. The molecule has 1 unspecified atom stereocenters. The van der Waals surface area contributed by atoms with E-state index in [0.717, 1.165) is 25.7 Å². The van der Waals surface area contributed by atoms with Gasteiger partial charge in [0, 0.05) is 14.0 Å². The van der Waals surface area contributed by atoms with Crippen LogP contribution in [0.5, 0.6) is 0 Å². The Morgan fingerprint density at radius 3 is 2.07 bits per heavy atom. The highest BCUT2D eigenvalue weighted by atomic mass is 16.7. The van der Waals surface area contributed by atoms with Gasteiger partial charge in [-0.1, -0.05) is 26.7 Å². The normalized spacial score (nSPS) is 29.7. The molecule has 4 nitrogen and oxygen atoms in total. The lowest BCUT2D eigenvalue weighted by molar-refractivity contribution is -0.239. The zero-order valence-corrected chi connectivity index (χ0v) is 9.54. The van der Waals surface area contributed by atoms with Crippen molar-refractivity contribution < 1.29 is 9.47 Å². The number of rotatable bonds is 5. The summed E-state index contributed by atoms with van der Waals surface area (Å²) in [7, 11) is 1.59. The van der Waals surface area contributed by atoms with Crippen LogP contribution in [-0.4, -0.2) is 18.7 Å². The summed E-state index contributed by atoms with van der Waals surface area (Å²) in [6.07, 6.45) is 3.89. The first kappa shape index (κ1) is 11.6. The van der Waals surface area contributed by atoms with Crippen molar-refractivity contribution in [3.05, 3.63) is 0 Å². The van der Waals surface area contributed by atoms with Gasteiger partial charge >= 0.3 is 0 Å². The molecule has 0 aliphatic carbocycles. The smallest absolute Gasteiger partial charge is 0.286 e. The van der Waals surface area contributed by atoms with Gasteiger partial charge in [0.15, 0.2) is 5.72 Å².